The molecule has 0 aromatic heterocycles. The van der Waals surface area contributed by atoms with E-state index in [4.69, 9.17) is 5.26 Å². The first-order valence-corrected chi connectivity index (χ1v) is 6.67. The predicted molar refractivity (Wildman–Crippen MR) is 73.3 cm³/mol. The van der Waals surface area contributed by atoms with Gasteiger partial charge in [-0.2, -0.15) is 5.26 Å². The van der Waals surface area contributed by atoms with Crippen LogP contribution in [-0.2, 0) is 11.3 Å². The molecule has 0 radical (unpaired) electrons. The van der Waals surface area contributed by atoms with Crippen molar-refractivity contribution in [2.75, 3.05) is 13.6 Å². The van der Waals surface area contributed by atoms with Crippen LogP contribution in [0.15, 0.2) is 24.3 Å². The summed E-state index contributed by atoms with van der Waals surface area (Å²) in [4.78, 5) is 14.0. The Morgan fingerprint density at radius 1 is 1.47 bits per heavy atom. The van der Waals surface area contributed by atoms with Gasteiger partial charge in [-0.25, -0.2) is 0 Å². The lowest BCUT2D eigenvalue weighted by Crippen LogP contribution is -2.43. The van der Waals surface area contributed by atoms with Crippen LogP contribution >= 0.6 is 0 Å². The van der Waals surface area contributed by atoms with E-state index in [9.17, 15) is 4.79 Å². The third kappa shape index (κ3) is 3.55. The number of carbonyl (C=O) groups excluding carboxylic acids is 1. The average molecular weight is 257 g/mol. The van der Waals surface area contributed by atoms with E-state index in [2.05, 4.69) is 16.3 Å². The third-order valence-electron chi connectivity index (χ3n) is 3.53. The molecule has 0 saturated carbocycles. The normalized spacial score (nSPS) is 19.6. The third-order valence-corrected chi connectivity index (χ3v) is 3.53. The Morgan fingerprint density at radius 2 is 2.32 bits per heavy atom. The number of nitrogens with one attached hydrogen (secondary N) is 1. The number of likely N-dealkylation sites (N-methyl/N-ethyl adjacent to an activating group) is 1. The van der Waals surface area contributed by atoms with Crippen molar-refractivity contribution in [3.05, 3.63) is 35.4 Å². The van der Waals surface area contributed by atoms with Crippen LogP contribution in [0.5, 0.6) is 0 Å². The van der Waals surface area contributed by atoms with Crippen molar-refractivity contribution in [1.29, 1.82) is 5.26 Å². The van der Waals surface area contributed by atoms with Gasteiger partial charge < -0.3 is 5.32 Å². The number of nitrogens with zero attached hydrogens (tertiary/aromatic N) is 2. The summed E-state index contributed by atoms with van der Waals surface area (Å²) in [6.45, 7) is 1.47. The van der Waals surface area contributed by atoms with Gasteiger partial charge in [0.2, 0.25) is 5.91 Å². The van der Waals surface area contributed by atoms with Crippen molar-refractivity contribution in [3.63, 3.8) is 0 Å². The van der Waals surface area contributed by atoms with Gasteiger partial charge in [0.05, 0.1) is 17.7 Å². The van der Waals surface area contributed by atoms with Crippen molar-refractivity contribution >= 4 is 5.91 Å². The van der Waals surface area contributed by atoms with Crippen LogP contribution in [0.3, 0.4) is 0 Å². The molecule has 2 rings (SSSR count). The van der Waals surface area contributed by atoms with E-state index in [-0.39, 0.29) is 11.9 Å². The Morgan fingerprint density at radius 3 is 3.11 bits per heavy atom. The first kappa shape index (κ1) is 13.6. The molecule has 1 aromatic rings. The van der Waals surface area contributed by atoms with Crippen LogP contribution in [0.25, 0.3) is 0 Å². The number of nitriles is 1. The van der Waals surface area contributed by atoms with E-state index < -0.39 is 0 Å². The number of benzene rings is 1. The summed E-state index contributed by atoms with van der Waals surface area (Å²) in [7, 11) is 1.97. The lowest BCUT2D eigenvalue weighted by Gasteiger charge is -2.25. The summed E-state index contributed by atoms with van der Waals surface area (Å²) >= 11 is 0. The summed E-state index contributed by atoms with van der Waals surface area (Å²) < 4.78 is 0. The molecule has 1 N–H and O–H groups in total. The molecular weight excluding hydrogens is 238 g/mol. The van der Waals surface area contributed by atoms with Gasteiger partial charge in [0.15, 0.2) is 0 Å². The highest BCUT2D eigenvalue weighted by Crippen LogP contribution is 2.14. The number of rotatable bonds is 3. The molecule has 1 atom stereocenters. The summed E-state index contributed by atoms with van der Waals surface area (Å²) in [6, 6.07) is 9.63. The molecule has 0 aliphatic carbocycles. The molecule has 4 heteroatoms. The number of amides is 1. The quantitative estimate of drug-likeness (QED) is 0.896. The van der Waals surface area contributed by atoms with Crippen molar-refractivity contribution < 1.29 is 4.79 Å². The fourth-order valence-corrected chi connectivity index (χ4v) is 2.48. The van der Waals surface area contributed by atoms with Gasteiger partial charge in [-0.05, 0) is 44.0 Å². The standard InChI is InChI=1S/C15H19N3O/c1-18(14-7-2-3-8-17-15(14)19)11-13-6-4-5-12(9-13)10-16/h4-6,9,14H,2-3,7-8,11H2,1H3,(H,17,19). The van der Waals surface area contributed by atoms with Gasteiger partial charge in [-0.3, -0.25) is 9.69 Å². The molecule has 4 nitrogen and oxygen atoms in total. The van der Waals surface area contributed by atoms with Crippen LogP contribution in [0, 0.1) is 11.3 Å². The summed E-state index contributed by atoms with van der Waals surface area (Å²) in [5.74, 6) is 0.122. The lowest BCUT2D eigenvalue weighted by molar-refractivity contribution is -0.125. The Balaban J connectivity index is 2.04. The first-order valence-electron chi connectivity index (χ1n) is 6.67. The SMILES string of the molecule is CN(Cc1cccc(C#N)c1)C1CCCCNC1=O. The van der Waals surface area contributed by atoms with Crippen LogP contribution in [0.1, 0.15) is 30.4 Å². The average Bonchev–Trinajstić information content (AvgIpc) is 2.63. The molecule has 1 fully saturated rings. The van der Waals surface area contributed by atoms with Crippen LogP contribution in [-0.4, -0.2) is 30.4 Å². The maximum absolute atomic E-state index is 12.0. The molecule has 1 saturated heterocycles. The highest BCUT2D eigenvalue weighted by molar-refractivity contribution is 5.81. The van der Waals surface area contributed by atoms with Crippen LogP contribution in [0.2, 0.25) is 0 Å². The molecule has 0 spiro atoms. The van der Waals surface area contributed by atoms with Gasteiger partial charge in [0.1, 0.15) is 0 Å². The maximum atomic E-state index is 12.0. The van der Waals surface area contributed by atoms with Crippen LogP contribution in [0.4, 0.5) is 0 Å². The minimum Gasteiger partial charge on any atom is -0.355 e. The van der Waals surface area contributed by atoms with Gasteiger partial charge in [-0.15, -0.1) is 0 Å². The van der Waals surface area contributed by atoms with Crippen molar-refractivity contribution in [3.8, 4) is 6.07 Å². The van der Waals surface area contributed by atoms with Crippen molar-refractivity contribution in [2.24, 2.45) is 0 Å². The van der Waals surface area contributed by atoms with Crippen molar-refractivity contribution in [1.82, 2.24) is 10.2 Å². The van der Waals surface area contributed by atoms with E-state index in [1.165, 1.54) is 0 Å². The topological polar surface area (TPSA) is 56.1 Å². The maximum Gasteiger partial charge on any atom is 0.237 e. The van der Waals surface area contributed by atoms with Crippen molar-refractivity contribution in [2.45, 2.75) is 31.8 Å². The zero-order valence-corrected chi connectivity index (χ0v) is 11.2. The van der Waals surface area contributed by atoms with Gasteiger partial charge in [0, 0.05) is 13.1 Å². The second-order valence-corrected chi connectivity index (χ2v) is 5.03. The molecule has 1 heterocycles. The Hall–Kier alpha value is -1.86. The molecule has 1 unspecified atom stereocenters. The molecule has 1 amide bonds. The smallest absolute Gasteiger partial charge is 0.237 e. The van der Waals surface area contributed by atoms with Gasteiger partial charge in [-0.1, -0.05) is 12.1 Å². The van der Waals surface area contributed by atoms with Gasteiger partial charge >= 0.3 is 0 Å². The van der Waals surface area contributed by atoms with E-state index in [1.54, 1.807) is 6.07 Å². The molecular formula is C15H19N3O. The number of carbonyl (C=O) groups is 1. The minimum absolute atomic E-state index is 0.0618. The molecule has 19 heavy (non-hydrogen) atoms. The zero-order chi connectivity index (χ0) is 13.7. The molecule has 1 aliphatic heterocycles. The number of hydrogen-bond donors (Lipinski definition) is 1. The Bertz CT molecular complexity index is 492. The molecule has 100 valence electrons. The molecule has 1 aromatic carbocycles. The first-order chi connectivity index (χ1) is 9.20. The fourth-order valence-electron chi connectivity index (χ4n) is 2.48. The molecule has 1 aliphatic rings. The summed E-state index contributed by atoms with van der Waals surface area (Å²) in [5, 5.41) is 11.8. The minimum atomic E-state index is -0.0618. The summed E-state index contributed by atoms with van der Waals surface area (Å²) in [6.07, 6.45) is 3.03. The molecule has 0 bridgehead atoms. The van der Waals surface area contributed by atoms with E-state index in [1.807, 2.05) is 25.2 Å². The second kappa shape index (κ2) is 6.35. The fraction of sp³-hybridized carbons (Fsp3) is 0.467. The Kier molecular flexibility index (Phi) is 4.53. The van der Waals surface area contributed by atoms with E-state index in [0.29, 0.717) is 12.1 Å². The monoisotopic (exact) mass is 257 g/mol. The van der Waals surface area contributed by atoms with Gasteiger partial charge in [0.25, 0.3) is 0 Å². The largest absolute Gasteiger partial charge is 0.355 e. The number of hydrogen-bond acceptors (Lipinski definition) is 3. The lowest BCUT2D eigenvalue weighted by atomic mass is 10.1. The second-order valence-electron chi connectivity index (χ2n) is 5.03. The highest BCUT2D eigenvalue weighted by Gasteiger charge is 2.24. The Labute approximate surface area is 114 Å². The van der Waals surface area contributed by atoms with E-state index in [0.717, 1.165) is 31.4 Å². The highest BCUT2D eigenvalue weighted by atomic mass is 16.2. The zero-order valence-electron chi connectivity index (χ0n) is 11.2. The van der Waals surface area contributed by atoms with Crippen LogP contribution < -0.4 is 5.32 Å². The predicted octanol–water partition coefficient (Wildman–Crippen LogP) is 1.66. The van der Waals surface area contributed by atoms with E-state index >= 15 is 0 Å². The summed E-state index contributed by atoms with van der Waals surface area (Å²) in [5.41, 5.74) is 1.73.